The Bertz CT molecular complexity index is 1060. The van der Waals surface area contributed by atoms with E-state index in [0.29, 0.717) is 37.5 Å². The Morgan fingerprint density at radius 2 is 1.79 bits per heavy atom. The molecule has 0 radical (unpaired) electrons. The number of rotatable bonds is 3. The summed E-state index contributed by atoms with van der Waals surface area (Å²) in [5.41, 5.74) is 3.13. The van der Waals surface area contributed by atoms with Gasteiger partial charge in [0, 0.05) is 38.1 Å². The van der Waals surface area contributed by atoms with Crippen molar-refractivity contribution in [1.29, 1.82) is 0 Å². The molecule has 1 saturated heterocycles. The van der Waals surface area contributed by atoms with Gasteiger partial charge in [0.1, 0.15) is 5.69 Å². The van der Waals surface area contributed by atoms with Gasteiger partial charge in [0.2, 0.25) is 5.91 Å². The number of aryl methyl sites for hydroxylation is 1. The molecule has 2 aliphatic rings. The maximum atomic E-state index is 13.0. The summed E-state index contributed by atoms with van der Waals surface area (Å²) in [7, 11) is 0. The average Bonchev–Trinajstić information content (AvgIpc) is 3.38. The molecule has 0 bridgehead atoms. The van der Waals surface area contributed by atoms with Crippen molar-refractivity contribution in [1.82, 2.24) is 24.7 Å². The van der Waals surface area contributed by atoms with Gasteiger partial charge in [-0.05, 0) is 31.4 Å². The number of carbonyl (C=O) groups is 2. The first-order chi connectivity index (χ1) is 14.2. The lowest BCUT2D eigenvalue weighted by atomic mass is 10.1. The van der Waals surface area contributed by atoms with Crippen molar-refractivity contribution in [3.63, 3.8) is 0 Å². The Morgan fingerprint density at radius 1 is 1.00 bits per heavy atom. The third-order valence-corrected chi connectivity index (χ3v) is 5.90. The van der Waals surface area contributed by atoms with Crippen LogP contribution < -0.4 is 0 Å². The number of aromatic nitrogens is 3. The molecule has 0 aliphatic carbocycles. The number of amides is 2. The molecule has 4 heterocycles. The lowest BCUT2D eigenvalue weighted by molar-refractivity contribution is -0.132. The van der Waals surface area contributed by atoms with Crippen LogP contribution in [0.25, 0.3) is 11.0 Å². The first-order valence-corrected chi connectivity index (χ1v) is 10.2. The van der Waals surface area contributed by atoms with E-state index in [1.54, 1.807) is 11.1 Å². The zero-order chi connectivity index (χ0) is 19.8. The Morgan fingerprint density at radius 3 is 2.66 bits per heavy atom. The fourth-order valence-corrected chi connectivity index (χ4v) is 4.25. The quantitative estimate of drug-likeness (QED) is 0.678. The van der Waals surface area contributed by atoms with Gasteiger partial charge >= 0.3 is 0 Å². The highest BCUT2D eigenvalue weighted by Gasteiger charge is 2.28. The Hall–Kier alpha value is -3.16. The summed E-state index contributed by atoms with van der Waals surface area (Å²) in [6, 6.07) is 7.55. The molecule has 2 aromatic heterocycles. The number of carbonyl (C=O) groups excluding carboxylic acids is 2. The lowest BCUT2D eigenvalue weighted by Gasteiger charge is -2.34. The maximum absolute atomic E-state index is 13.0. The fraction of sp³-hybridized carbons (Fsp3) is 0.429. The fourth-order valence-electron chi connectivity index (χ4n) is 4.25. The van der Waals surface area contributed by atoms with E-state index in [0.717, 1.165) is 42.5 Å². The first kappa shape index (κ1) is 17.9. The third-order valence-electron chi connectivity index (χ3n) is 5.90. The van der Waals surface area contributed by atoms with E-state index >= 15 is 0 Å². The molecule has 0 N–H and O–H groups in total. The van der Waals surface area contributed by atoms with E-state index in [1.165, 1.54) is 0 Å². The Labute approximate surface area is 168 Å². The molecule has 1 fully saturated rings. The average molecular weight is 393 g/mol. The number of fused-ring (bicyclic) bond motifs is 2. The summed E-state index contributed by atoms with van der Waals surface area (Å²) in [4.78, 5) is 29.3. The zero-order valence-electron chi connectivity index (χ0n) is 16.2. The molecule has 29 heavy (non-hydrogen) atoms. The summed E-state index contributed by atoms with van der Waals surface area (Å²) < 4.78 is 7.25. The Kier molecular flexibility index (Phi) is 4.54. The van der Waals surface area contributed by atoms with E-state index < -0.39 is 0 Å². The summed E-state index contributed by atoms with van der Waals surface area (Å²) in [5, 5.41) is 9.30. The van der Waals surface area contributed by atoms with Gasteiger partial charge in [0.05, 0.1) is 23.9 Å². The van der Waals surface area contributed by atoms with Crippen molar-refractivity contribution in [2.24, 2.45) is 0 Å². The molecule has 5 rings (SSSR count). The highest BCUT2D eigenvalue weighted by Crippen LogP contribution is 2.21. The summed E-state index contributed by atoms with van der Waals surface area (Å²) in [5.74, 6) is 0.0433. The van der Waals surface area contributed by atoms with Crippen LogP contribution in [0.15, 0.2) is 35.0 Å². The van der Waals surface area contributed by atoms with E-state index in [9.17, 15) is 9.59 Å². The minimum atomic E-state index is 0.0130. The third kappa shape index (κ3) is 3.28. The molecule has 3 aromatic rings. The van der Waals surface area contributed by atoms with Crippen molar-refractivity contribution >= 4 is 22.8 Å². The maximum Gasteiger partial charge on any atom is 0.257 e. The van der Waals surface area contributed by atoms with Crippen molar-refractivity contribution in [2.75, 3.05) is 26.2 Å². The number of hydrogen-bond donors (Lipinski definition) is 0. The van der Waals surface area contributed by atoms with Crippen molar-refractivity contribution < 1.29 is 14.1 Å². The molecule has 150 valence electrons. The largest absolute Gasteiger partial charge is 0.356 e. The van der Waals surface area contributed by atoms with Gasteiger partial charge in [-0.2, -0.15) is 5.10 Å². The molecular formula is C21H23N5O3. The number of benzene rings is 1. The molecule has 8 nitrogen and oxygen atoms in total. The number of nitrogens with zero attached hydrogens (tertiary/aromatic N) is 5. The van der Waals surface area contributed by atoms with E-state index in [4.69, 9.17) is 4.52 Å². The van der Waals surface area contributed by atoms with Crippen LogP contribution in [-0.4, -0.2) is 62.7 Å². The van der Waals surface area contributed by atoms with Gasteiger partial charge in [-0.15, -0.1) is 0 Å². The van der Waals surface area contributed by atoms with Crippen LogP contribution in [0.1, 0.15) is 34.6 Å². The lowest BCUT2D eigenvalue weighted by Crippen LogP contribution is -2.51. The van der Waals surface area contributed by atoms with Crippen molar-refractivity contribution in [3.8, 4) is 0 Å². The molecule has 2 aliphatic heterocycles. The van der Waals surface area contributed by atoms with Crippen LogP contribution in [0.4, 0.5) is 0 Å². The van der Waals surface area contributed by atoms with Crippen LogP contribution in [0.5, 0.6) is 0 Å². The minimum absolute atomic E-state index is 0.0130. The van der Waals surface area contributed by atoms with E-state index in [2.05, 4.69) is 10.3 Å². The molecular weight excluding hydrogens is 370 g/mol. The Balaban J connectivity index is 1.22. The van der Waals surface area contributed by atoms with Crippen LogP contribution in [0.3, 0.4) is 0 Å². The van der Waals surface area contributed by atoms with Gasteiger partial charge in [-0.1, -0.05) is 17.3 Å². The summed E-state index contributed by atoms with van der Waals surface area (Å²) in [6.07, 6.45) is 5.04. The van der Waals surface area contributed by atoms with Gasteiger partial charge in [0.15, 0.2) is 5.58 Å². The van der Waals surface area contributed by atoms with E-state index in [1.807, 2.05) is 33.8 Å². The summed E-state index contributed by atoms with van der Waals surface area (Å²) in [6.45, 7) is 3.03. The second-order valence-electron chi connectivity index (χ2n) is 7.66. The molecule has 1 aromatic carbocycles. The van der Waals surface area contributed by atoms with Crippen molar-refractivity contribution in [3.05, 3.63) is 47.4 Å². The second kappa shape index (κ2) is 7.35. The van der Waals surface area contributed by atoms with Crippen molar-refractivity contribution in [2.45, 2.75) is 32.2 Å². The van der Waals surface area contributed by atoms with Gasteiger partial charge in [-0.25, -0.2) is 0 Å². The van der Waals surface area contributed by atoms with Crippen LogP contribution in [-0.2, 0) is 24.2 Å². The van der Waals surface area contributed by atoms with Crippen LogP contribution in [0.2, 0.25) is 0 Å². The molecule has 8 heteroatoms. The molecule has 0 atom stereocenters. The molecule has 0 spiro atoms. The monoisotopic (exact) mass is 393 g/mol. The smallest absolute Gasteiger partial charge is 0.257 e. The first-order valence-electron chi connectivity index (χ1n) is 10.2. The number of para-hydroxylation sites is 1. The number of piperazine rings is 1. The molecule has 0 unspecified atom stereocenters. The summed E-state index contributed by atoms with van der Waals surface area (Å²) >= 11 is 0. The predicted molar refractivity (Wildman–Crippen MR) is 105 cm³/mol. The standard InChI is InChI=1S/C21H23N5O3/c27-20(13-17-15-5-1-2-7-19(15)29-23-17)24-9-11-25(12-10-24)21(28)16-14-22-26-8-4-3-6-18(16)26/h1-2,5,7,14H,3-4,6,8-13H2. The highest BCUT2D eigenvalue weighted by atomic mass is 16.5. The highest BCUT2D eigenvalue weighted by molar-refractivity contribution is 5.95. The second-order valence-corrected chi connectivity index (χ2v) is 7.66. The van der Waals surface area contributed by atoms with Crippen LogP contribution >= 0.6 is 0 Å². The topological polar surface area (TPSA) is 84.5 Å². The van der Waals surface area contributed by atoms with Gasteiger partial charge in [-0.3, -0.25) is 14.3 Å². The molecule has 2 amide bonds. The van der Waals surface area contributed by atoms with E-state index in [-0.39, 0.29) is 18.2 Å². The van der Waals surface area contributed by atoms with Crippen LogP contribution in [0, 0.1) is 0 Å². The minimum Gasteiger partial charge on any atom is -0.356 e. The number of hydrogen-bond acceptors (Lipinski definition) is 5. The SMILES string of the molecule is O=C(Cc1noc2ccccc12)N1CCN(C(=O)c2cnn3c2CCCC3)CC1. The zero-order valence-corrected chi connectivity index (χ0v) is 16.2. The predicted octanol–water partition coefficient (Wildman–Crippen LogP) is 1.89. The normalized spacial score (nSPS) is 16.8. The molecule has 0 saturated carbocycles. The van der Waals surface area contributed by atoms with Gasteiger partial charge < -0.3 is 14.3 Å². The van der Waals surface area contributed by atoms with Gasteiger partial charge in [0.25, 0.3) is 5.91 Å².